The van der Waals surface area contributed by atoms with Gasteiger partial charge in [-0.3, -0.25) is 0 Å². The van der Waals surface area contributed by atoms with Crippen LogP contribution >= 0.6 is 0 Å². The summed E-state index contributed by atoms with van der Waals surface area (Å²) in [6.07, 6.45) is 5.08. The summed E-state index contributed by atoms with van der Waals surface area (Å²) in [7, 11) is 0. The van der Waals surface area contributed by atoms with E-state index in [1.54, 1.807) is 0 Å². The molecule has 0 aliphatic carbocycles. The maximum absolute atomic E-state index is 10.2. The molecule has 0 aromatic heterocycles. The lowest BCUT2D eigenvalue weighted by atomic mass is 10.0. The number of aliphatic hydroxyl groups excluding tert-OH is 1. The van der Waals surface area contributed by atoms with Crippen molar-refractivity contribution < 1.29 is 19.3 Å². The third-order valence-electron chi connectivity index (χ3n) is 3.60. The highest BCUT2D eigenvalue weighted by molar-refractivity contribution is 5.45. The van der Waals surface area contributed by atoms with Crippen molar-refractivity contribution in [2.75, 3.05) is 13.4 Å². The quantitative estimate of drug-likeness (QED) is 0.703. The van der Waals surface area contributed by atoms with Crippen LogP contribution in [-0.2, 0) is 4.74 Å². The predicted octanol–water partition coefficient (Wildman–Crippen LogP) is 3.82. The molecule has 1 aromatic carbocycles. The van der Waals surface area contributed by atoms with E-state index in [-0.39, 0.29) is 6.79 Å². The monoisotopic (exact) mass is 294 g/mol. The number of benzene rings is 1. The average molecular weight is 294 g/mol. The molecule has 4 heteroatoms. The summed E-state index contributed by atoms with van der Waals surface area (Å²) in [4.78, 5) is 0. The van der Waals surface area contributed by atoms with Crippen molar-refractivity contribution in [1.82, 2.24) is 0 Å². The van der Waals surface area contributed by atoms with Gasteiger partial charge in [-0.05, 0) is 44.4 Å². The van der Waals surface area contributed by atoms with E-state index in [9.17, 15) is 5.11 Å². The first kappa shape index (κ1) is 16.1. The van der Waals surface area contributed by atoms with Crippen molar-refractivity contribution in [3.05, 3.63) is 23.8 Å². The Balaban J connectivity index is 1.62. The Labute approximate surface area is 127 Å². The van der Waals surface area contributed by atoms with Crippen LogP contribution in [0.15, 0.2) is 18.2 Å². The highest BCUT2D eigenvalue weighted by atomic mass is 16.7. The minimum Gasteiger partial charge on any atom is -0.454 e. The van der Waals surface area contributed by atoms with Gasteiger partial charge in [-0.25, -0.2) is 0 Å². The molecular weight excluding hydrogens is 268 g/mol. The Morgan fingerprint density at radius 2 is 1.86 bits per heavy atom. The van der Waals surface area contributed by atoms with Gasteiger partial charge >= 0.3 is 0 Å². The van der Waals surface area contributed by atoms with Crippen molar-refractivity contribution in [3.8, 4) is 11.5 Å². The molecule has 118 valence electrons. The molecular formula is C17H26O4. The summed E-state index contributed by atoms with van der Waals surface area (Å²) in [6.45, 7) is 5.22. The van der Waals surface area contributed by atoms with Gasteiger partial charge in [0.05, 0.1) is 12.2 Å². The first-order valence-corrected chi connectivity index (χ1v) is 7.86. The summed E-state index contributed by atoms with van der Waals surface area (Å²) in [5, 5.41) is 10.2. The zero-order chi connectivity index (χ0) is 15.1. The van der Waals surface area contributed by atoms with Crippen LogP contribution in [0, 0.1) is 0 Å². The molecule has 4 nitrogen and oxygen atoms in total. The number of ether oxygens (including phenoxy) is 3. The number of unbranched alkanes of at least 4 members (excludes halogenated alkanes) is 3. The Hall–Kier alpha value is -1.26. The fourth-order valence-corrected chi connectivity index (χ4v) is 2.40. The van der Waals surface area contributed by atoms with Crippen LogP contribution in [0.2, 0.25) is 0 Å². The highest BCUT2D eigenvalue weighted by Gasteiger charge is 2.16. The lowest BCUT2D eigenvalue weighted by molar-refractivity contribution is 0.0754. The van der Waals surface area contributed by atoms with Gasteiger partial charge in [0.2, 0.25) is 6.79 Å². The van der Waals surface area contributed by atoms with E-state index in [1.807, 2.05) is 18.2 Å². The van der Waals surface area contributed by atoms with E-state index in [1.165, 1.54) is 0 Å². The molecule has 0 radical (unpaired) electrons. The van der Waals surface area contributed by atoms with Crippen LogP contribution in [0.1, 0.15) is 57.6 Å². The minimum atomic E-state index is -0.425. The standard InChI is InChI=1S/C17H26O4/c1-13(2)19-10-6-4-3-5-7-15(18)14-8-9-16-17(11-14)21-12-20-16/h8-9,11,13,15,18H,3-7,10,12H2,1-2H3. The van der Waals surface area contributed by atoms with Crippen LogP contribution in [0.25, 0.3) is 0 Å². The van der Waals surface area contributed by atoms with E-state index in [4.69, 9.17) is 14.2 Å². The van der Waals surface area contributed by atoms with Crippen molar-refractivity contribution in [2.45, 2.75) is 58.2 Å². The summed E-state index contributed by atoms with van der Waals surface area (Å²) >= 11 is 0. The molecule has 0 saturated carbocycles. The third kappa shape index (κ3) is 5.21. The smallest absolute Gasteiger partial charge is 0.231 e. The maximum Gasteiger partial charge on any atom is 0.231 e. The van der Waals surface area contributed by atoms with Gasteiger partial charge in [0, 0.05) is 6.61 Å². The second-order valence-corrected chi connectivity index (χ2v) is 5.75. The first-order chi connectivity index (χ1) is 10.2. The molecule has 1 atom stereocenters. The number of hydrogen-bond donors (Lipinski definition) is 1. The molecule has 2 rings (SSSR count). The maximum atomic E-state index is 10.2. The molecule has 1 aromatic rings. The molecule has 0 amide bonds. The Bertz CT molecular complexity index is 431. The zero-order valence-corrected chi connectivity index (χ0v) is 13.0. The topological polar surface area (TPSA) is 47.9 Å². The zero-order valence-electron chi connectivity index (χ0n) is 13.0. The summed E-state index contributed by atoms with van der Waals surface area (Å²) < 4.78 is 16.1. The molecule has 21 heavy (non-hydrogen) atoms. The van der Waals surface area contributed by atoms with Gasteiger partial charge in [0.1, 0.15) is 0 Å². The lowest BCUT2D eigenvalue weighted by Gasteiger charge is -2.11. The minimum absolute atomic E-state index is 0.271. The van der Waals surface area contributed by atoms with Crippen molar-refractivity contribution in [1.29, 1.82) is 0 Å². The van der Waals surface area contributed by atoms with Crippen molar-refractivity contribution in [2.24, 2.45) is 0 Å². The highest BCUT2D eigenvalue weighted by Crippen LogP contribution is 2.35. The predicted molar refractivity (Wildman–Crippen MR) is 81.7 cm³/mol. The van der Waals surface area contributed by atoms with E-state index >= 15 is 0 Å². The molecule has 1 heterocycles. The molecule has 1 unspecified atom stereocenters. The van der Waals surface area contributed by atoms with Gasteiger partial charge < -0.3 is 19.3 Å². The Morgan fingerprint density at radius 3 is 2.67 bits per heavy atom. The van der Waals surface area contributed by atoms with Crippen LogP contribution in [0.4, 0.5) is 0 Å². The lowest BCUT2D eigenvalue weighted by Crippen LogP contribution is -2.03. The fraction of sp³-hybridized carbons (Fsp3) is 0.647. The Kier molecular flexibility index (Phi) is 6.33. The number of fused-ring (bicyclic) bond motifs is 1. The molecule has 0 saturated heterocycles. The molecule has 0 bridgehead atoms. The van der Waals surface area contributed by atoms with Crippen LogP contribution in [-0.4, -0.2) is 24.6 Å². The summed E-state index contributed by atoms with van der Waals surface area (Å²) in [5.74, 6) is 1.49. The van der Waals surface area contributed by atoms with Gasteiger partial charge in [0.25, 0.3) is 0 Å². The van der Waals surface area contributed by atoms with Gasteiger partial charge in [-0.15, -0.1) is 0 Å². The third-order valence-corrected chi connectivity index (χ3v) is 3.60. The van der Waals surface area contributed by atoms with Crippen molar-refractivity contribution in [3.63, 3.8) is 0 Å². The average Bonchev–Trinajstić information content (AvgIpc) is 2.93. The summed E-state index contributed by atoms with van der Waals surface area (Å²) in [6, 6.07) is 5.66. The molecule has 0 fully saturated rings. The van der Waals surface area contributed by atoms with Gasteiger partial charge in [-0.2, -0.15) is 0 Å². The summed E-state index contributed by atoms with van der Waals surface area (Å²) in [5.41, 5.74) is 0.905. The number of aliphatic hydroxyl groups is 1. The SMILES string of the molecule is CC(C)OCCCCCCC(O)c1ccc2c(c1)OCO2. The Morgan fingerprint density at radius 1 is 1.10 bits per heavy atom. The van der Waals surface area contributed by atoms with E-state index in [0.29, 0.717) is 6.10 Å². The fourth-order valence-electron chi connectivity index (χ4n) is 2.40. The van der Waals surface area contributed by atoms with E-state index in [0.717, 1.165) is 55.8 Å². The molecule has 1 aliphatic heterocycles. The van der Waals surface area contributed by atoms with Crippen LogP contribution in [0.5, 0.6) is 11.5 Å². The number of rotatable bonds is 9. The second-order valence-electron chi connectivity index (χ2n) is 5.75. The molecule has 0 spiro atoms. The van der Waals surface area contributed by atoms with Crippen LogP contribution < -0.4 is 9.47 Å². The van der Waals surface area contributed by atoms with Crippen LogP contribution in [0.3, 0.4) is 0 Å². The van der Waals surface area contributed by atoms with Gasteiger partial charge in [-0.1, -0.05) is 25.3 Å². The van der Waals surface area contributed by atoms with Crippen molar-refractivity contribution >= 4 is 0 Å². The van der Waals surface area contributed by atoms with E-state index in [2.05, 4.69) is 13.8 Å². The normalized spacial score (nSPS) is 14.7. The second kappa shape index (κ2) is 8.25. The van der Waals surface area contributed by atoms with E-state index < -0.39 is 6.10 Å². The number of hydrogen-bond acceptors (Lipinski definition) is 4. The first-order valence-electron chi connectivity index (χ1n) is 7.86. The largest absolute Gasteiger partial charge is 0.454 e. The molecule has 1 aliphatic rings. The molecule has 1 N–H and O–H groups in total. The van der Waals surface area contributed by atoms with Gasteiger partial charge in [0.15, 0.2) is 11.5 Å².